The highest BCUT2D eigenvalue weighted by Crippen LogP contribution is 2.33. The molecule has 4 heteroatoms. The maximum atomic E-state index is 14.0. The van der Waals surface area contributed by atoms with Crippen LogP contribution in [0.25, 0.3) is 0 Å². The summed E-state index contributed by atoms with van der Waals surface area (Å²) in [5.74, 6) is -0.378. The molecule has 0 aliphatic carbocycles. The molecule has 0 saturated carbocycles. The molecule has 106 valence electrons. The Balaban J connectivity index is 2.27. The molecule has 19 heavy (non-hydrogen) atoms. The number of halogens is 1. The van der Waals surface area contributed by atoms with Crippen molar-refractivity contribution < 1.29 is 9.50 Å². The standard InChI is InChI=1S/C15H23FN2O/c1-10-4-3-5-12(9-17)18(10)11(2)14-7-6-13(19)8-15(14)16/h6-8,10-12,19H,3-5,9,17H2,1-2H3. The van der Waals surface area contributed by atoms with Gasteiger partial charge in [-0.15, -0.1) is 0 Å². The van der Waals surface area contributed by atoms with Gasteiger partial charge in [0.15, 0.2) is 0 Å². The van der Waals surface area contributed by atoms with Gasteiger partial charge in [-0.25, -0.2) is 4.39 Å². The van der Waals surface area contributed by atoms with Gasteiger partial charge in [-0.05, 0) is 32.8 Å². The molecule has 1 heterocycles. The lowest BCUT2D eigenvalue weighted by atomic mass is 9.92. The molecule has 3 N–H and O–H groups in total. The summed E-state index contributed by atoms with van der Waals surface area (Å²) in [5, 5.41) is 9.31. The Bertz CT molecular complexity index is 438. The second-order valence-corrected chi connectivity index (χ2v) is 5.50. The Morgan fingerprint density at radius 2 is 2.21 bits per heavy atom. The molecule has 3 unspecified atom stereocenters. The van der Waals surface area contributed by atoms with Crippen LogP contribution in [0.4, 0.5) is 4.39 Å². The lowest BCUT2D eigenvalue weighted by Crippen LogP contribution is -2.49. The van der Waals surface area contributed by atoms with Crippen molar-refractivity contribution in [2.45, 2.75) is 51.2 Å². The van der Waals surface area contributed by atoms with Gasteiger partial charge in [0.25, 0.3) is 0 Å². The van der Waals surface area contributed by atoms with Crippen LogP contribution < -0.4 is 5.73 Å². The maximum absolute atomic E-state index is 14.0. The number of aromatic hydroxyl groups is 1. The van der Waals surface area contributed by atoms with Crippen molar-refractivity contribution in [1.82, 2.24) is 4.90 Å². The van der Waals surface area contributed by atoms with E-state index in [2.05, 4.69) is 11.8 Å². The van der Waals surface area contributed by atoms with Crippen LogP contribution in [-0.4, -0.2) is 28.6 Å². The van der Waals surface area contributed by atoms with Crippen molar-refractivity contribution >= 4 is 0 Å². The SMILES string of the molecule is CC1CCCC(CN)N1C(C)c1ccc(O)cc1F. The summed E-state index contributed by atoms with van der Waals surface area (Å²) < 4.78 is 14.0. The molecule has 0 spiro atoms. The molecule has 0 radical (unpaired) electrons. The zero-order chi connectivity index (χ0) is 14.0. The number of piperidine rings is 1. The van der Waals surface area contributed by atoms with Crippen molar-refractivity contribution in [3.63, 3.8) is 0 Å². The van der Waals surface area contributed by atoms with Crippen LogP contribution in [0.1, 0.15) is 44.7 Å². The molecular formula is C15H23FN2O. The molecule has 0 aromatic heterocycles. The van der Waals surface area contributed by atoms with Gasteiger partial charge in [-0.3, -0.25) is 4.90 Å². The summed E-state index contributed by atoms with van der Waals surface area (Å²) in [6.07, 6.45) is 3.38. The number of nitrogens with two attached hydrogens (primary N) is 1. The molecule has 1 aliphatic heterocycles. The average molecular weight is 266 g/mol. The van der Waals surface area contributed by atoms with Crippen molar-refractivity contribution in [2.75, 3.05) is 6.54 Å². The Labute approximate surface area is 114 Å². The number of nitrogens with zero attached hydrogens (tertiary/aromatic N) is 1. The second-order valence-electron chi connectivity index (χ2n) is 5.50. The first-order valence-corrected chi connectivity index (χ1v) is 7.00. The Hall–Kier alpha value is -1.13. The first-order chi connectivity index (χ1) is 9.04. The lowest BCUT2D eigenvalue weighted by Gasteiger charge is -2.44. The van der Waals surface area contributed by atoms with E-state index in [1.54, 1.807) is 12.1 Å². The van der Waals surface area contributed by atoms with Crippen molar-refractivity contribution in [3.8, 4) is 5.75 Å². The third-order valence-electron chi connectivity index (χ3n) is 4.24. The number of rotatable bonds is 3. The molecule has 3 nitrogen and oxygen atoms in total. The predicted molar refractivity (Wildman–Crippen MR) is 74.5 cm³/mol. The van der Waals surface area contributed by atoms with Crippen LogP contribution in [-0.2, 0) is 0 Å². The topological polar surface area (TPSA) is 49.5 Å². The normalized spacial score (nSPS) is 26.3. The van der Waals surface area contributed by atoms with Crippen molar-refractivity contribution in [3.05, 3.63) is 29.6 Å². The fraction of sp³-hybridized carbons (Fsp3) is 0.600. The fourth-order valence-corrected chi connectivity index (χ4v) is 3.26. The molecular weight excluding hydrogens is 243 g/mol. The number of benzene rings is 1. The molecule has 1 fully saturated rings. The van der Waals surface area contributed by atoms with E-state index in [1.807, 2.05) is 6.92 Å². The van der Waals surface area contributed by atoms with Gasteiger partial charge in [0, 0.05) is 36.3 Å². The quantitative estimate of drug-likeness (QED) is 0.884. The van der Waals surface area contributed by atoms with Crippen LogP contribution in [0.2, 0.25) is 0 Å². The highest BCUT2D eigenvalue weighted by molar-refractivity contribution is 5.29. The number of hydrogen-bond acceptors (Lipinski definition) is 3. The first-order valence-electron chi connectivity index (χ1n) is 7.00. The monoisotopic (exact) mass is 266 g/mol. The van der Waals surface area contributed by atoms with Crippen LogP contribution in [0.15, 0.2) is 18.2 Å². The summed E-state index contributed by atoms with van der Waals surface area (Å²) in [6.45, 7) is 4.80. The second kappa shape index (κ2) is 5.88. The summed E-state index contributed by atoms with van der Waals surface area (Å²) in [5.41, 5.74) is 6.49. The minimum absolute atomic E-state index is 0.0237. The van der Waals surface area contributed by atoms with E-state index in [9.17, 15) is 9.50 Å². The minimum atomic E-state index is -0.346. The van der Waals surface area contributed by atoms with E-state index in [-0.39, 0.29) is 17.6 Å². The smallest absolute Gasteiger partial charge is 0.131 e. The molecule has 0 amide bonds. The number of hydrogen-bond donors (Lipinski definition) is 2. The van der Waals surface area contributed by atoms with Crippen molar-refractivity contribution in [1.29, 1.82) is 0 Å². The van der Waals surface area contributed by atoms with E-state index in [1.165, 1.54) is 12.5 Å². The van der Waals surface area contributed by atoms with E-state index >= 15 is 0 Å². The Morgan fingerprint density at radius 3 is 2.84 bits per heavy atom. The molecule has 1 aromatic rings. The van der Waals surface area contributed by atoms with Crippen LogP contribution in [0.3, 0.4) is 0 Å². The van der Waals surface area contributed by atoms with Gasteiger partial charge in [0.1, 0.15) is 11.6 Å². The summed E-state index contributed by atoms with van der Waals surface area (Å²) in [6, 6.07) is 5.09. The predicted octanol–water partition coefficient (Wildman–Crippen LogP) is 2.79. The highest BCUT2D eigenvalue weighted by atomic mass is 19.1. The van der Waals surface area contributed by atoms with Crippen LogP contribution in [0.5, 0.6) is 5.75 Å². The molecule has 0 bridgehead atoms. The summed E-state index contributed by atoms with van der Waals surface area (Å²) in [4.78, 5) is 2.32. The number of phenols is 1. The van der Waals surface area contributed by atoms with Crippen LogP contribution in [0, 0.1) is 5.82 Å². The third kappa shape index (κ3) is 2.90. The zero-order valence-corrected chi connectivity index (χ0v) is 11.6. The molecule has 1 aromatic carbocycles. The molecule has 1 aliphatic rings. The summed E-state index contributed by atoms with van der Waals surface area (Å²) in [7, 11) is 0. The molecule has 2 rings (SSSR count). The maximum Gasteiger partial charge on any atom is 0.131 e. The van der Waals surface area contributed by atoms with Crippen LogP contribution >= 0.6 is 0 Å². The van der Waals surface area contributed by atoms with E-state index < -0.39 is 0 Å². The highest BCUT2D eigenvalue weighted by Gasteiger charge is 2.32. The molecule has 1 saturated heterocycles. The first kappa shape index (κ1) is 14.3. The lowest BCUT2D eigenvalue weighted by molar-refractivity contribution is 0.0555. The minimum Gasteiger partial charge on any atom is -0.508 e. The van der Waals surface area contributed by atoms with E-state index in [0.717, 1.165) is 12.8 Å². The van der Waals surface area contributed by atoms with Crippen molar-refractivity contribution in [2.24, 2.45) is 5.73 Å². The van der Waals surface area contributed by atoms with Gasteiger partial charge in [-0.2, -0.15) is 0 Å². The van der Waals surface area contributed by atoms with Gasteiger partial charge >= 0.3 is 0 Å². The van der Waals surface area contributed by atoms with Gasteiger partial charge < -0.3 is 10.8 Å². The number of phenolic OH excluding ortho intramolecular Hbond substituents is 1. The Morgan fingerprint density at radius 1 is 1.47 bits per heavy atom. The average Bonchev–Trinajstić information content (AvgIpc) is 2.37. The fourth-order valence-electron chi connectivity index (χ4n) is 3.26. The number of likely N-dealkylation sites (tertiary alicyclic amines) is 1. The van der Waals surface area contributed by atoms with Gasteiger partial charge in [-0.1, -0.05) is 12.5 Å². The zero-order valence-electron chi connectivity index (χ0n) is 11.6. The summed E-state index contributed by atoms with van der Waals surface area (Å²) >= 11 is 0. The van der Waals surface area contributed by atoms with E-state index in [4.69, 9.17) is 5.73 Å². The molecule has 3 atom stereocenters. The van der Waals surface area contributed by atoms with Gasteiger partial charge in [0.2, 0.25) is 0 Å². The Kier molecular flexibility index (Phi) is 4.42. The van der Waals surface area contributed by atoms with Gasteiger partial charge in [0.05, 0.1) is 0 Å². The largest absolute Gasteiger partial charge is 0.508 e. The van der Waals surface area contributed by atoms with E-state index in [0.29, 0.717) is 24.2 Å². The third-order valence-corrected chi connectivity index (χ3v) is 4.24.